The quantitative estimate of drug-likeness (QED) is 0.273. The van der Waals surface area contributed by atoms with Crippen LogP contribution in [0.3, 0.4) is 0 Å². The van der Waals surface area contributed by atoms with Crippen molar-refractivity contribution >= 4 is 5.97 Å². The Bertz CT molecular complexity index is 828. The van der Waals surface area contributed by atoms with Crippen molar-refractivity contribution < 1.29 is 28.1 Å². The number of ether oxygens (including phenoxy) is 4. The van der Waals surface area contributed by atoms with E-state index < -0.39 is 17.7 Å². The highest BCUT2D eigenvalue weighted by atomic mass is 19.1. The molecule has 0 aromatic heterocycles. The van der Waals surface area contributed by atoms with Crippen molar-refractivity contribution in [3.05, 3.63) is 48.3 Å². The van der Waals surface area contributed by atoms with Crippen LogP contribution in [0.4, 0.5) is 4.39 Å². The Morgan fingerprint density at radius 1 is 1.00 bits per heavy atom. The van der Waals surface area contributed by atoms with E-state index in [-0.39, 0.29) is 25.3 Å². The largest absolute Gasteiger partial charge is 0.494 e. The summed E-state index contributed by atoms with van der Waals surface area (Å²) in [6, 6.07) is 11.7. The van der Waals surface area contributed by atoms with Crippen LogP contribution in [-0.2, 0) is 14.3 Å². The first-order valence-corrected chi connectivity index (χ1v) is 11.1. The van der Waals surface area contributed by atoms with Gasteiger partial charge in [-0.05, 0) is 49.1 Å². The summed E-state index contributed by atoms with van der Waals surface area (Å²) in [5.41, 5.74) is 1.16. The zero-order valence-electron chi connectivity index (χ0n) is 18.3. The van der Waals surface area contributed by atoms with Gasteiger partial charge in [0, 0.05) is 11.6 Å². The minimum Gasteiger partial charge on any atom is -0.494 e. The van der Waals surface area contributed by atoms with Crippen LogP contribution in [0.5, 0.6) is 11.5 Å². The summed E-state index contributed by atoms with van der Waals surface area (Å²) in [4.78, 5) is 12.4. The van der Waals surface area contributed by atoms with E-state index in [0.717, 1.165) is 43.4 Å². The molecular formula is C25H31FO5. The number of unbranched alkanes of at least 4 members (excludes halogenated alkanes) is 2. The Morgan fingerprint density at radius 2 is 1.71 bits per heavy atom. The number of carbonyl (C=O) groups excluding carboxylic acids is 1. The smallest absolute Gasteiger partial charge is 0.319 e. The molecule has 0 N–H and O–H groups in total. The second kappa shape index (κ2) is 11.8. The van der Waals surface area contributed by atoms with Gasteiger partial charge < -0.3 is 18.9 Å². The van der Waals surface area contributed by atoms with Crippen LogP contribution < -0.4 is 9.47 Å². The molecule has 168 valence electrons. The zero-order chi connectivity index (χ0) is 22.1. The van der Waals surface area contributed by atoms with Crippen LogP contribution in [0.15, 0.2) is 42.5 Å². The lowest BCUT2D eigenvalue weighted by Crippen LogP contribution is -2.38. The molecule has 1 fully saturated rings. The molecule has 3 rings (SSSR count). The van der Waals surface area contributed by atoms with E-state index in [0.29, 0.717) is 12.2 Å². The van der Waals surface area contributed by atoms with E-state index >= 15 is 0 Å². The minimum atomic E-state index is -0.513. The molecule has 1 saturated heterocycles. The van der Waals surface area contributed by atoms with Gasteiger partial charge in [0.1, 0.15) is 23.2 Å². The van der Waals surface area contributed by atoms with Crippen molar-refractivity contribution in [3.63, 3.8) is 0 Å². The Labute approximate surface area is 183 Å². The summed E-state index contributed by atoms with van der Waals surface area (Å²) in [7, 11) is 0. The maximum Gasteiger partial charge on any atom is 0.319 e. The Kier molecular flexibility index (Phi) is 8.85. The van der Waals surface area contributed by atoms with E-state index in [1.807, 2.05) is 31.2 Å². The summed E-state index contributed by atoms with van der Waals surface area (Å²) in [5, 5.41) is 0. The topological polar surface area (TPSA) is 54.0 Å². The summed E-state index contributed by atoms with van der Waals surface area (Å²) in [6.07, 6.45) is 4.80. The molecular weight excluding hydrogens is 399 g/mol. The Hall–Kier alpha value is -2.44. The number of esters is 1. The van der Waals surface area contributed by atoms with Crippen molar-refractivity contribution in [1.82, 2.24) is 0 Å². The predicted molar refractivity (Wildman–Crippen MR) is 117 cm³/mol. The van der Waals surface area contributed by atoms with Gasteiger partial charge in [0.25, 0.3) is 0 Å². The molecule has 0 bridgehead atoms. The van der Waals surface area contributed by atoms with Crippen molar-refractivity contribution in [3.8, 4) is 22.6 Å². The molecule has 0 amide bonds. The second-order valence-corrected chi connectivity index (χ2v) is 7.72. The highest BCUT2D eigenvalue weighted by Gasteiger charge is 2.29. The molecule has 2 aromatic rings. The summed E-state index contributed by atoms with van der Waals surface area (Å²) in [5.74, 6) is -0.530. The van der Waals surface area contributed by atoms with Crippen molar-refractivity contribution in [2.24, 2.45) is 5.92 Å². The Balaban J connectivity index is 1.54. The monoisotopic (exact) mass is 430 g/mol. The molecule has 31 heavy (non-hydrogen) atoms. The average molecular weight is 431 g/mol. The first-order valence-electron chi connectivity index (χ1n) is 11.1. The van der Waals surface area contributed by atoms with Gasteiger partial charge in [0.05, 0.1) is 19.8 Å². The molecule has 0 radical (unpaired) electrons. The molecule has 2 aromatic carbocycles. The standard InChI is InChI=1S/C25H31FO5/c1-3-5-6-7-24-29-16-19(17-30-24)25(27)31-21-12-13-22(23(26)15-21)18-8-10-20(11-9-18)28-14-4-2/h8-13,15,19,24H,3-7,14,16-17H2,1-2H3. The SMILES string of the molecule is CCCCCC1OCC(C(=O)Oc2ccc(-c3ccc(OCCC)cc3)c(F)c2)CO1. The number of hydrogen-bond acceptors (Lipinski definition) is 5. The lowest BCUT2D eigenvalue weighted by atomic mass is 10.0. The molecule has 1 aliphatic heterocycles. The fraction of sp³-hybridized carbons (Fsp3) is 0.480. The van der Waals surface area contributed by atoms with Crippen molar-refractivity contribution in [2.75, 3.05) is 19.8 Å². The fourth-order valence-electron chi connectivity index (χ4n) is 3.35. The van der Waals surface area contributed by atoms with Gasteiger partial charge in [-0.3, -0.25) is 4.79 Å². The number of halogens is 1. The third-order valence-electron chi connectivity index (χ3n) is 5.14. The van der Waals surface area contributed by atoms with E-state index in [2.05, 4.69) is 6.92 Å². The van der Waals surface area contributed by atoms with Gasteiger partial charge in [-0.15, -0.1) is 0 Å². The van der Waals surface area contributed by atoms with Crippen LogP contribution >= 0.6 is 0 Å². The molecule has 0 aliphatic carbocycles. The molecule has 0 unspecified atom stereocenters. The predicted octanol–water partition coefficient (Wildman–Crippen LogP) is 5.76. The van der Waals surface area contributed by atoms with E-state index in [1.54, 1.807) is 12.1 Å². The number of hydrogen-bond donors (Lipinski definition) is 0. The summed E-state index contributed by atoms with van der Waals surface area (Å²) >= 11 is 0. The first-order chi connectivity index (χ1) is 15.1. The van der Waals surface area contributed by atoms with Gasteiger partial charge in [-0.25, -0.2) is 4.39 Å². The lowest BCUT2D eigenvalue weighted by Gasteiger charge is -2.28. The zero-order valence-corrected chi connectivity index (χ0v) is 18.3. The summed E-state index contributed by atoms with van der Waals surface area (Å²) < 4.78 is 36.8. The lowest BCUT2D eigenvalue weighted by molar-refractivity contribution is -0.208. The molecule has 0 atom stereocenters. The van der Waals surface area contributed by atoms with Gasteiger partial charge in [0.2, 0.25) is 0 Å². The molecule has 1 heterocycles. The maximum atomic E-state index is 14.7. The van der Waals surface area contributed by atoms with E-state index in [9.17, 15) is 9.18 Å². The second-order valence-electron chi connectivity index (χ2n) is 7.72. The van der Waals surface area contributed by atoms with Crippen LogP contribution in [0.2, 0.25) is 0 Å². The van der Waals surface area contributed by atoms with Crippen LogP contribution in [0.1, 0.15) is 46.0 Å². The highest BCUT2D eigenvalue weighted by Crippen LogP contribution is 2.28. The number of rotatable bonds is 10. The molecule has 1 aliphatic rings. The van der Waals surface area contributed by atoms with Gasteiger partial charge in [-0.1, -0.05) is 38.8 Å². The molecule has 0 spiro atoms. The first kappa shape index (κ1) is 23.2. The van der Waals surface area contributed by atoms with E-state index in [1.165, 1.54) is 6.07 Å². The summed E-state index contributed by atoms with van der Waals surface area (Å²) in [6.45, 7) is 5.33. The molecule has 5 nitrogen and oxygen atoms in total. The highest BCUT2D eigenvalue weighted by molar-refractivity contribution is 5.76. The van der Waals surface area contributed by atoms with Crippen molar-refractivity contribution in [2.45, 2.75) is 52.2 Å². The van der Waals surface area contributed by atoms with Gasteiger partial charge in [0.15, 0.2) is 6.29 Å². The number of carbonyl (C=O) groups is 1. The van der Waals surface area contributed by atoms with Gasteiger partial charge >= 0.3 is 5.97 Å². The van der Waals surface area contributed by atoms with Gasteiger partial charge in [-0.2, -0.15) is 0 Å². The normalized spacial score (nSPS) is 18.5. The maximum absolute atomic E-state index is 14.7. The molecule has 6 heteroatoms. The fourth-order valence-corrected chi connectivity index (χ4v) is 3.35. The van der Waals surface area contributed by atoms with Crippen molar-refractivity contribution in [1.29, 1.82) is 0 Å². The Morgan fingerprint density at radius 3 is 2.35 bits per heavy atom. The van der Waals surface area contributed by atoms with Crippen LogP contribution in [0, 0.1) is 11.7 Å². The van der Waals surface area contributed by atoms with Crippen LogP contribution in [0.25, 0.3) is 11.1 Å². The molecule has 0 saturated carbocycles. The van der Waals surface area contributed by atoms with Crippen LogP contribution in [-0.4, -0.2) is 32.1 Å². The average Bonchev–Trinajstić information content (AvgIpc) is 2.79. The minimum absolute atomic E-state index is 0.166. The third kappa shape index (κ3) is 6.77. The van der Waals surface area contributed by atoms with E-state index in [4.69, 9.17) is 18.9 Å². The number of benzene rings is 2. The third-order valence-corrected chi connectivity index (χ3v) is 5.14.